The lowest BCUT2D eigenvalue weighted by Gasteiger charge is -2.38. The molecule has 1 N–H and O–H groups in total. The van der Waals surface area contributed by atoms with Crippen LogP contribution >= 0.6 is 11.8 Å². The van der Waals surface area contributed by atoms with Crippen molar-refractivity contribution >= 4 is 11.8 Å². The van der Waals surface area contributed by atoms with Crippen molar-refractivity contribution in [3.05, 3.63) is 0 Å². The average molecular weight is 201 g/mol. The Morgan fingerprint density at radius 3 is 2.62 bits per heavy atom. The Morgan fingerprint density at radius 1 is 1.38 bits per heavy atom. The van der Waals surface area contributed by atoms with Crippen molar-refractivity contribution in [1.29, 1.82) is 0 Å². The van der Waals surface area contributed by atoms with E-state index in [0.29, 0.717) is 6.04 Å². The molecule has 0 bridgehead atoms. The Hall–Kier alpha value is 0.270. The van der Waals surface area contributed by atoms with Crippen LogP contribution in [-0.4, -0.2) is 46.2 Å². The van der Waals surface area contributed by atoms with Crippen molar-refractivity contribution < 1.29 is 5.11 Å². The predicted molar refractivity (Wildman–Crippen MR) is 57.2 cm³/mol. The summed E-state index contributed by atoms with van der Waals surface area (Å²) in [6.07, 6.45) is 3.38. The molecular formula is C10H19NOS. The average Bonchev–Trinajstić information content (AvgIpc) is 2.47. The van der Waals surface area contributed by atoms with Crippen molar-refractivity contribution in [3.8, 4) is 0 Å². The molecule has 2 nitrogen and oxygen atoms in total. The molecular weight excluding hydrogens is 182 g/mol. The predicted octanol–water partition coefficient (Wildman–Crippen LogP) is 1.34. The Bertz CT molecular complexity index is 178. The maximum absolute atomic E-state index is 10.2. The largest absolute Gasteiger partial charge is 0.389 e. The molecule has 1 aliphatic heterocycles. The molecule has 1 saturated heterocycles. The van der Waals surface area contributed by atoms with Crippen molar-refractivity contribution in [1.82, 2.24) is 4.90 Å². The van der Waals surface area contributed by atoms with Gasteiger partial charge in [0.15, 0.2) is 0 Å². The Labute approximate surface area is 84.7 Å². The van der Waals surface area contributed by atoms with Gasteiger partial charge in [0.05, 0.1) is 5.60 Å². The summed E-state index contributed by atoms with van der Waals surface area (Å²) < 4.78 is 0. The number of aliphatic hydroxyl groups is 1. The summed E-state index contributed by atoms with van der Waals surface area (Å²) in [4.78, 5) is 2.49. The third-order valence-corrected chi connectivity index (χ3v) is 4.31. The van der Waals surface area contributed by atoms with Gasteiger partial charge in [-0.2, -0.15) is 11.8 Å². The SMILES string of the molecule is CC1(O)CCCC1N1CCSCC1. The topological polar surface area (TPSA) is 23.5 Å². The van der Waals surface area contributed by atoms with E-state index >= 15 is 0 Å². The van der Waals surface area contributed by atoms with Crippen molar-refractivity contribution in [2.75, 3.05) is 24.6 Å². The first-order valence-corrected chi connectivity index (χ1v) is 6.40. The van der Waals surface area contributed by atoms with E-state index in [1.165, 1.54) is 37.4 Å². The molecule has 2 rings (SSSR count). The molecule has 1 aliphatic carbocycles. The molecule has 76 valence electrons. The van der Waals surface area contributed by atoms with Crippen LogP contribution < -0.4 is 0 Å². The second-order valence-corrected chi connectivity index (χ2v) is 5.64. The van der Waals surface area contributed by atoms with Crippen LogP contribution in [0.15, 0.2) is 0 Å². The molecule has 2 unspecified atom stereocenters. The molecule has 0 aromatic rings. The summed E-state index contributed by atoms with van der Waals surface area (Å²) in [5.74, 6) is 2.49. The quantitative estimate of drug-likeness (QED) is 0.692. The molecule has 0 spiro atoms. The molecule has 0 aromatic carbocycles. The molecule has 3 heteroatoms. The second-order valence-electron chi connectivity index (χ2n) is 4.41. The summed E-state index contributed by atoms with van der Waals surface area (Å²) in [6.45, 7) is 4.35. The standard InChI is InChI=1S/C10H19NOS/c1-10(12)4-2-3-9(10)11-5-7-13-8-6-11/h9,12H,2-8H2,1H3. The van der Waals surface area contributed by atoms with E-state index < -0.39 is 5.60 Å². The van der Waals surface area contributed by atoms with Gasteiger partial charge in [-0.1, -0.05) is 0 Å². The zero-order valence-electron chi connectivity index (χ0n) is 8.33. The van der Waals surface area contributed by atoms with Gasteiger partial charge in [-0.3, -0.25) is 4.90 Å². The molecule has 13 heavy (non-hydrogen) atoms. The van der Waals surface area contributed by atoms with Crippen molar-refractivity contribution in [2.24, 2.45) is 0 Å². The van der Waals surface area contributed by atoms with Crippen LogP contribution in [0.5, 0.6) is 0 Å². The van der Waals surface area contributed by atoms with Gasteiger partial charge in [0, 0.05) is 30.6 Å². The lowest BCUT2D eigenvalue weighted by atomic mass is 9.99. The molecule has 0 aromatic heterocycles. The number of nitrogens with zero attached hydrogens (tertiary/aromatic N) is 1. The first-order chi connectivity index (χ1) is 6.20. The van der Waals surface area contributed by atoms with Crippen molar-refractivity contribution in [3.63, 3.8) is 0 Å². The fourth-order valence-electron chi connectivity index (χ4n) is 2.60. The minimum Gasteiger partial charge on any atom is -0.389 e. The number of hydrogen-bond donors (Lipinski definition) is 1. The lowest BCUT2D eigenvalue weighted by Crippen LogP contribution is -2.50. The fraction of sp³-hybridized carbons (Fsp3) is 1.00. The zero-order chi connectivity index (χ0) is 9.31. The fourth-order valence-corrected chi connectivity index (χ4v) is 3.53. The van der Waals surface area contributed by atoms with E-state index in [9.17, 15) is 5.11 Å². The zero-order valence-corrected chi connectivity index (χ0v) is 9.15. The third kappa shape index (κ3) is 2.03. The highest BCUT2D eigenvalue weighted by atomic mass is 32.2. The van der Waals surface area contributed by atoms with E-state index in [2.05, 4.69) is 4.90 Å². The van der Waals surface area contributed by atoms with Crippen molar-refractivity contribution in [2.45, 2.75) is 37.8 Å². The molecule has 0 amide bonds. The minimum absolute atomic E-state index is 0.415. The van der Waals surface area contributed by atoms with Gasteiger partial charge in [-0.15, -0.1) is 0 Å². The summed E-state index contributed by atoms with van der Waals surface area (Å²) in [6, 6.07) is 0.438. The van der Waals surface area contributed by atoms with Crippen LogP contribution in [0, 0.1) is 0 Å². The molecule has 0 radical (unpaired) electrons. The lowest BCUT2D eigenvalue weighted by molar-refractivity contribution is -0.00970. The van der Waals surface area contributed by atoms with Gasteiger partial charge < -0.3 is 5.11 Å². The number of hydrogen-bond acceptors (Lipinski definition) is 3. The van der Waals surface area contributed by atoms with Crippen LogP contribution in [0.1, 0.15) is 26.2 Å². The summed E-state index contributed by atoms with van der Waals surface area (Å²) in [5.41, 5.74) is -0.415. The highest BCUT2D eigenvalue weighted by molar-refractivity contribution is 7.99. The van der Waals surface area contributed by atoms with Crippen LogP contribution in [0.3, 0.4) is 0 Å². The monoisotopic (exact) mass is 201 g/mol. The first-order valence-electron chi connectivity index (χ1n) is 5.24. The van der Waals surface area contributed by atoms with Crippen LogP contribution in [0.2, 0.25) is 0 Å². The maximum Gasteiger partial charge on any atom is 0.0774 e. The van der Waals surface area contributed by atoms with Crippen LogP contribution in [0.4, 0.5) is 0 Å². The third-order valence-electron chi connectivity index (χ3n) is 3.36. The van der Waals surface area contributed by atoms with Gasteiger partial charge in [0.1, 0.15) is 0 Å². The van der Waals surface area contributed by atoms with Crippen LogP contribution in [-0.2, 0) is 0 Å². The highest BCUT2D eigenvalue weighted by Gasteiger charge is 2.40. The van der Waals surface area contributed by atoms with E-state index in [1.807, 2.05) is 18.7 Å². The smallest absolute Gasteiger partial charge is 0.0774 e. The van der Waals surface area contributed by atoms with Gasteiger partial charge in [-0.25, -0.2) is 0 Å². The number of rotatable bonds is 1. The first kappa shape index (κ1) is 9.81. The summed E-state index contributed by atoms with van der Waals surface area (Å²) in [5, 5.41) is 10.2. The van der Waals surface area contributed by atoms with E-state index in [0.717, 1.165) is 6.42 Å². The normalized spacial score (nSPS) is 42.5. The van der Waals surface area contributed by atoms with Crippen LogP contribution in [0.25, 0.3) is 0 Å². The maximum atomic E-state index is 10.2. The Balaban J connectivity index is 1.98. The van der Waals surface area contributed by atoms with Gasteiger partial charge in [-0.05, 0) is 26.2 Å². The number of thioether (sulfide) groups is 1. The Morgan fingerprint density at radius 2 is 2.08 bits per heavy atom. The van der Waals surface area contributed by atoms with Gasteiger partial charge in [0.2, 0.25) is 0 Å². The summed E-state index contributed by atoms with van der Waals surface area (Å²) >= 11 is 2.03. The van der Waals surface area contributed by atoms with Gasteiger partial charge >= 0.3 is 0 Å². The second kappa shape index (κ2) is 3.79. The molecule has 2 aliphatic rings. The van der Waals surface area contributed by atoms with E-state index in [1.54, 1.807) is 0 Å². The van der Waals surface area contributed by atoms with Gasteiger partial charge in [0.25, 0.3) is 0 Å². The molecule has 2 atom stereocenters. The molecule has 1 saturated carbocycles. The van der Waals surface area contributed by atoms with E-state index in [4.69, 9.17) is 0 Å². The summed E-state index contributed by atoms with van der Waals surface area (Å²) in [7, 11) is 0. The highest BCUT2D eigenvalue weighted by Crippen LogP contribution is 2.34. The minimum atomic E-state index is -0.415. The van der Waals surface area contributed by atoms with E-state index in [-0.39, 0.29) is 0 Å². The molecule has 2 fully saturated rings. The Kier molecular flexibility index (Phi) is 2.86. The molecule has 1 heterocycles.